The molecule has 0 spiro atoms. The summed E-state index contributed by atoms with van der Waals surface area (Å²) in [5, 5.41) is 3.52. The van der Waals surface area contributed by atoms with E-state index in [0.717, 1.165) is 29.7 Å². The average molecular weight is 386 g/mol. The van der Waals surface area contributed by atoms with E-state index in [-0.39, 0.29) is 11.9 Å². The van der Waals surface area contributed by atoms with Crippen LogP contribution in [0, 0.1) is 0 Å². The number of benzene rings is 2. The molecular formula is C21H20ClNO4. The first-order chi connectivity index (χ1) is 13.2. The normalized spacial score (nSPS) is 18.3. The van der Waals surface area contributed by atoms with Gasteiger partial charge in [0.05, 0.1) is 30.9 Å². The first kappa shape index (κ1) is 17.7. The lowest BCUT2D eigenvalue weighted by Gasteiger charge is -2.26. The summed E-state index contributed by atoms with van der Waals surface area (Å²) in [4.78, 5) is 12.4. The third-order valence-electron chi connectivity index (χ3n) is 4.53. The molecule has 0 aromatic heterocycles. The van der Waals surface area contributed by atoms with E-state index in [4.69, 9.17) is 25.8 Å². The quantitative estimate of drug-likeness (QED) is 0.806. The molecule has 2 aromatic carbocycles. The molecule has 0 saturated heterocycles. The Morgan fingerprint density at radius 3 is 2.81 bits per heavy atom. The van der Waals surface area contributed by atoms with E-state index in [2.05, 4.69) is 5.32 Å². The van der Waals surface area contributed by atoms with Crippen LogP contribution in [-0.4, -0.2) is 25.7 Å². The van der Waals surface area contributed by atoms with Crippen molar-refractivity contribution in [2.24, 2.45) is 0 Å². The van der Waals surface area contributed by atoms with Crippen molar-refractivity contribution in [3.63, 3.8) is 0 Å². The van der Waals surface area contributed by atoms with Gasteiger partial charge in [0.25, 0.3) is 0 Å². The maximum Gasteiger partial charge on any atom is 0.244 e. The third kappa shape index (κ3) is 4.03. The Labute approximate surface area is 162 Å². The number of hydrogen-bond acceptors (Lipinski definition) is 4. The second kappa shape index (κ2) is 7.92. The summed E-state index contributed by atoms with van der Waals surface area (Å²) >= 11 is 6.29. The summed E-state index contributed by atoms with van der Waals surface area (Å²) < 4.78 is 16.9. The summed E-state index contributed by atoms with van der Waals surface area (Å²) in [6, 6.07) is 11.3. The first-order valence-corrected chi connectivity index (χ1v) is 9.38. The molecule has 2 aliphatic heterocycles. The van der Waals surface area contributed by atoms with Gasteiger partial charge in [-0.2, -0.15) is 0 Å². The Kier molecular flexibility index (Phi) is 5.21. The van der Waals surface area contributed by atoms with Crippen LogP contribution in [0.3, 0.4) is 0 Å². The van der Waals surface area contributed by atoms with Crippen molar-refractivity contribution in [3.05, 3.63) is 58.6 Å². The minimum absolute atomic E-state index is 0.0560. The van der Waals surface area contributed by atoms with Gasteiger partial charge in [0.15, 0.2) is 11.5 Å². The molecule has 1 atom stereocenters. The van der Waals surface area contributed by atoms with Crippen molar-refractivity contribution in [1.82, 2.24) is 5.32 Å². The van der Waals surface area contributed by atoms with Crippen molar-refractivity contribution in [1.29, 1.82) is 0 Å². The largest absolute Gasteiger partial charge is 0.493 e. The van der Waals surface area contributed by atoms with Gasteiger partial charge >= 0.3 is 0 Å². The van der Waals surface area contributed by atoms with E-state index in [1.54, 1.807) is 12.1 Å². The summed E-state index contributed by atoms with van der Waals surface area (Å²) in [6.45, 7) is 1.75. The van der Waals surface area contributed by atoms with Gasteiger partial charge < -0.3 is 19.5 Å². The zero-order valence-electron chi connectivity index (χ0n) is 14.7. The van der Waals surface area contributed by atoms with Crippen LogP contribution in [0.5, 0.6) is 17.2 Å². The van der Waals surface area contributed by atoms with Gasteiger partial charge in [-0.1, -0.05) is 29.8 Å². The molecule has 1 amide bonds. The third-order valence-corrected chi connectivity index (χ3v) is 4.81. The minimum Gasteiger partial charge on any atom is -0.493 e. The van der Waals surface area contributed by atoms with E-state index < -0.39 is 0 Å². The molecule has 0 aliphatic carbocycles. The number of amides is 1. The molecule has 4 rings (SSSR count). The number of fused-ring (bicyclic) bond motifs is 2. The number of halogens is 1. The lowest BCUT2D eigenvalue weighted by molar-refractivity contribution is -0.117. The number of para-hydroxylation sites is 1. The van der Waals surface area contributed by atoms with Gasteiger partial charge in [0.2, 0.25) is 5.91 Å². The van der Waals surface area contributed by atoms with Crippen LogP contribution in [0.25, 0.3) is 6.08 Å². The molecular weight excluding hydrogens is 366 g/mol. The standard InChI is InChI=1S/C21H20ClNO4/c22-16-12-14(13-19-21(16)27-10-3-9-25-19)6-7-20(24)23-17-8-11-26-18-5-2-1-4-15(17)18/h1-2,4-7,12-13,17H,3,8-11H2,(H,23,24)/b7-6+/t17-/m1/s1. The highest BCUT2D eigenvalue weighted by Gasteiger charge is 2.22. The van der Waals surface area contributed by atoms with Crippen LogP contribution in [0.4, 0.5) is 0 Å². The van der Waals surface area contributed by atoms with Crippen LogP contribution in [0.2, 0.25) is 5.02 Å². The fourth-order valence-corrected chi connectivity index (χ4v) is 3.50. The number of nitrogens with one attached hydrogen (secondary N) is 1. The Bertz CT molecular complexity index is 880. The number of ether oxygens (including phenoxy) is 3. The average Bonchev–Trinajstić information content (AvgIpc) is 2.93. The molecule has 27 heavy (non-hydrogen) atoms. The van der Waals surface area contributed by atoms with Crippen LogP contribution in [0.15, 0.2) is 42.5 Å². The zero-order valence-corrected chi connectivity index (χ0v) is 15.5. The first-order valence-electron chi connectivity index (χ1n) is 9.00. The maximum absolute atomic E-state index is 12.4. The Morgan fingerprint density at radius 2 is 1.89 bits per heavy atom. The number of carbonyl (C=O) groups excluding carboxylic acids is 1. The lowest BCUT2D eigenvalue weighted by atomic mass is 10.0. The topological polar surface area (TPSA) is 56.8 Å². The Hall–Kier alpha value is -2.66. The van der Waals surface area contributed by atoms with Crippen LogP contribution in [-0.2, 0) is 4.79 Å². The fourth-order valence-electron chi connectivity index (χ4n) is 3.23. The summed E-state index contributed by atoms with van der Waals surface area (Å²) in [6.07, 6.45) is 4.78. The highest BCUT2D eigenvalue weighted by molar-refractivity contribution is 6.32. The minimum atomic E-state index is -0.167. The molecule has 6 heteroatoms. The molecule has 2 aliphatic rings. The zero-order chi connectivity index (χ0) is 18.6. The molecule has 2 aromatic rings. The van der Waals surface area contributed by atoms with Gasteiger partial charge in [-0.3, -0.25) is 4.79 Å². The van der Waals surface area contributed by atoms with E-state index in [1.165, 1.54) is 6.08 Å². The lowest BCUT2D eigenvalue weighted by Crippen LogP contribution is -2.30. The highest BCUT2D eigenvalue weighted by Crippen LogP contribution is 2.38. The van der Waals surface area contributed by atoms with Crippen LogP contribution < -0.4 is 19.5 Å². The van der Waals surface area contributed by atoms with Crippen molar-refractivity contribution < 1.29 is 19.0 Å². The van der Waals surface area contributed by atoms with E-state index in [9.17, 15) is 4.79 Å². The molecule has 0 fully saturated rings. The molecule has 0 unspecified atom stereocenters. The molecule has 2 heterocycles. The molecule has 1 N–H and O–H groups in total. The molecule has 0 saturated carbocycles. The monoisotopic (exact) mass is 385 g/mol. The maximum atomic E-state index is 12.4. The second-order valence-electron chi connectivity index (χ2n) is 6.45. The van der Waals surface area contributed by atoms with E-state index in [0.29, 0.717) is 36.3 Å². The fraction of sp³-hybridized carbons (Fsp3) is 0.286. The Morgan fingerprint density at radius 1 is 1.07 bits per heavy atom. The molecule has 0 radical (unpaired) electrons. The van der Waals surface area contributed by atoms with Crippen molar-refractivity contribution in [2.75, 3.05) is 19.8 Å². The summed E-state index contributed by atoms with van der Waals surface area (Å²) in [5.41, 5.74) is 1.79. The van der Waals surface area contributed by atoms with Gasteiger partial charge in [-0.05, 0) is 29.8 Å². The molecule has 5 nitrogen and oxygen atoms in total. The molecule has 0 bridgehead atoms. The van der Waals surface area contributed by atoms with Gasteiger partial charge in [0, 0.05) is 24.5 Å². The molecule has 140 valence electrons. The summed E-state index contributed by atoms with van der Waals surface area (Å²) in [5.74, 6) is 1.83. The van der Waals surface area contributed by atoms with Gasteiger partial charge in [-0.15, -0.1) is 0 Å². The number of rotatable bonds is 3. The van der Waals surface area contributed by atoms with E-state index >= 15 is 0 Å². The second-order valence-corrected chi connectivity index (χ2v) is 6.86. The number of hydrogen-bond donors (Lipinski definition) is 1. The SMILES string of the molecule is O=C(/C=C/c1cc(Cl)c2c(c1)OCCCO2)N[C@@H]1CCOc2ccccc21. The number of carbonyl (C=O) groups is 1. The summed E-state index contributed by atoms with van der Waals surface area (Å²) in [7, 11) is 0. The highest BCUT2D eigenvalue weighted by atomic mass is 35.5. The van der Waals surface area contributed by atoms with Crippen LogP contribution >= 0.6 is 11.6 Å². The predicted molar refractivity (Wildman–Crippen MR) is 104 cm³/mol. The van der Waals surface area contributed by atoms with Crippen molar-refractivity contribution >= 4 is 23.6 Å². The predicted octanol–water partition coefficient (Wildman–Crippen LogP) is 4.15. The Balaban J connectivity index is 1.47. The van der Waals surface area contributed by atoms with Crippen LogP contribution in [0.1, 0.15) is 30.0 Å². The van der Waals surface area contributed by atoms with Crippen molar-refractivity contribution in [3.8, 4) is 17.2 Å². The smallest absolute Gasteiger partial charge is 0.244 e. The van der Waals surface area contributed by atoms with Gasteiger partial charge in [0.1, 0.15) is 5.75 Å². The van der Waals surface area contributed by atoms with Crippen molar-refractivity contribution in [2.45, 2.75) is 18.9 Å². The van der Waals surface area contributed by atoms with E-state index in [1.807, 2.05) is 30.3 Å². The van der Waals surface area contributed by atoms with Gasteiger partial charge in [-0.25, -0.2) is 0 Å².